The molecule has 0 bridgehead atoms. The third-order valence-corrected chi connectivity index (χ3v) is 4.62. The molecule has 0 radical (unpaired) electrons. The van der Waals surface area contributed by atoms with E-state index in [0.717, 1.165) is 44.0 Å². The summed E-state index contributed by atoms with van der Waals surface area (Å²) in [5.74, 6) is 0.850. The van der Waals surface area contributed by atoms with Gasteiger partial charge in [-0.1, -0.05) is 18.2 Å². The fourth-order valence-corrected chi connectivity index (χ4v) is 3.20. The lowest BCUT2D eigenvalue weighted by atomic mass is 10.2. The highest BCUT2D eigenvalue weighted by molar-refractivity contribution is 5.31. The monoisotopic (exact) mass is 344 g/mol. The van der Waals surface area contributed by atoms with Crippen molar-refractivity contribution in [3.63, 3.8) is 0 Å². The van der Waals surface area contributed by atoms with Gasteiger partial charge in [0.05, 0.1) is 6.20 Å². The fourth-order valence-electron chi connectivity index (χ4n) is 3.20. The lowest BCUT2D eigenvalue weighted by Gasteiger charge is -2.35. The summed E-state index contributed by atoms with van der Waals surface area (Å²) in [5.41, 5.74) is 2.35. The molecule has 0 spiro atoms. The number of aryl methyl sites for hydroxylation is 2. The first-order valence-corrected chi connectivity index (χ1v) is 8.89. The molecule has 1 saturated heterocycles. The van der Waals surface area contributed by atoms with E-state index < -0.39 is 6.10 Å². The number of aliphatic hydroxyl groups is 1. The molecule has 6 nitrogen and oxygen atoms in total. The minimum atomic E-state index is -0.468. The van der Waals surface area contributed by atoms with Crippen molar-refractivity contribution in [3.8, 4) is 5.75 Å². The average molecular weight is 344 g/mol. The van der Waals surface area contributed by atoms with Crippen LogP contribution in [-0.2, 0) is 13.6 Å². The Hall–Kier alpha value is -1.89. The summed E-state index contributed by atoms with van der Waals surface area (Å²) >= 11 is 0. The van der Waals surface area contributed by atoms with Crippen LogP contribution in [0, 0.1) is 6.92 Å². The first-order valence-electron chi connectivity index (χ1n) is 8.89. The van der Waals surface area contributed by atoms with Gasteiger partial charge in [-0.25, -0.2) is 0 Å². The van der Waals surface area contributed by atoms with Gasteiger partial charge in [-0.05, 0) is 18.6 Å². The molecule has 0 amide bonds. The number of benzene rings is 1. The maximum atomic E-state index is 10.3. The van der Waals surface area contributed by atoms with Crippen LogP contribution in [0.3, 0.4) is 0 Å². The molecule has 1 aliphatic rings. The average Bonchev–Trinajstić information content (AvgIpc) is 3.01. The molecular weight excluding hydrogens is 316 g/mol. The smallest absolute Gasteiger partial charge is 0.122 e. The molecule has 0 saturated carbocycles. The van der Waals surface area contributed by atoms with Gasteiger partial charge in [0.2, 0.25) is 0 Å². The van der Waals surface area contributed by atoms with Crippen molar-refractivity contribution in [1.29, 1.82) is 0 Å². The zero-order chi connectivity index (χ0) is 17.6. The second-order valence-electron chi connectivity index (χ2n) is 6.83. The number of hydrogen-bond acceptors (Lipinski definition) is 5. The van der Waals surface area contributed by atoms with Gasteiger partial charge in [-0.2, -0.15) is 5.10 Å². The summed E-state index contributed by atoms with van der Waals surface area (Å²) in [5, 5.41) is 14.5. The number of β-amino-alcohol motifs (C(OH)–C–C–N with tert-alkyl or cyclic N) is 1. The molecule has 1 aromatic carbocycles. The van der Waals surface area contributed by atoms with E-state index in [2.05, 4.69) is 21.1 Å². The lowest BCUT2D eigenvalue weighted by Crippen LogP contribution is -2.48. The number of aliphatic hydroxyl groups excluding tert-OH is 1. The number of para-hydroxylation sites is 1. The molecule has 6 heteroatoms. The summed E-state index contributed by atoms with van der Waals surface area (Å²) in [6.07, 6.45) is 3.53. The Morgan fingerprint density at radius 2 is 1.88 bits per heavy atom. The van der Waals surface area contributed by atoms with Crippen LogP contribution in [0.4, 0.5) is 0 Å². The van der Waals surface area contributed by atoms with Gasteiger partial charge in [0, 0.05) is 58.1 Å². The van der Waals surface area contributed by atoms with Gasteiger partial charge < -0.3 is 9.84 Å². The largest absolute Gasteiger partial charge is 0.491 e. The summed E-state index contributed by atoms with van der Waals surface area (Å²) in [6.45, 7) is 7.93. The number of ether oxygens (including phenoxy) is 1. The Labute approximate surface area is 149 Å². The van der Waals surface area contributed by atoms with E-state index >= 15 is 0 Å². The first kappa shape index (κ1) is 17.9. The predicted molar refractivity (Wildman–Crippen MR) is 97.6 cm³/mol. The molecule has 0 unspecified atom stereocenters. The molecule has 1 atom stereocenters. The van der Waals surface area contributed by atoms with Crippen molar-refractivity contribution in [2.45, 2.75) is 19.6 Å². The standard InChI is InChI=1S/C19H28N4O2/c1-16-5-3-4-6-19(16)25-15-18(24)14-23-9-7-22(8-10-23)13-17-11-20-21(2)12-17/h3-6,11-12,18,24H,7-10,13-15H2,1-2H3/t18-/m1/s1. The number of hydrogen-bond donors (Lipinski definition) is 1. The van der Waals surface area contributed by atoms with Gasteiger partial charge in [0.1, 0.15) is 18.5 Å². The van der Waals surface area contributed by atoms with Gasteiger partial charge in [0.25, 0.3) is 0 Å². The predicted octanol–water partition coefficient (Wildman–Crippen LogP) is 1.29. The van der Waals surface area contributed by atoms with Crippen LogP contribution in [-0.4, -0.2) is 70.1 Å². The highest BCUT2D eigenvalue weighted by Crippen LogP contribution is 2.16. The third kappa shape index (κ3) is 5.29. The number of piperazine rings is 1. The van der Waals surface area contributed by atoms with E-state index in [0.29, 0.717) is 13.2 Å². The molecule has 3 rings (SSSR count). The SMILES string of the molecule is Cc1ccccc1OC[C@H](O)CN1CCN(Cc2cnn(C)c2)CC1. The molecule has 1 aliphatic heterocycles. The van der Waals surface area contributed by atoms with Crippen molar-refractivity contribution in [2.75, 3.05) is 39.3 Å². The van der Waals surface area contributed by atoms with E-state index in [1.54, 1.807) is 0 Å². The van der Waals surface area contributed by atoms with Crippen LogP contribution in [0.5, 0.6) is 5.75 Å². The first-order chi connectivity index (χ1) is 12.1. The molecular formula is C19H28N4O2. The number of rotatable bonds is 7. The summed E-state index contributed by atoms with van der Waals surface area (Å²) in [6, 6.07) is 7.91. The Bertz CT molecular complexity index is 665. The molecule has 0 aliphatic carbocycles. The number of aromatic nitrogens is 2. The van der Waals surface area contributed by atoms with Crippen LogP contribution >= 0.6 is 0 Å². The number of nitrogens with zero attached hydrogens (tertiary/aromatic N) is 4. The zero-order valence-corrected chi connectivity index (χ0v) is 15.1. The maximum Gasteiger partial charge on any atom is 0.122 e. The second kappa shape index (κ2) is 8.47. The second-order valence-corrected chi connectivity index (χ2v) is 6.83. The van der Waals surface area contributed by atoms with E-state index in [4.69, 9.17) is 4.74 Å². The Morgan fingerprint density at radius 3 is 2.56 bits per heavy atom. The summed E-state index contributed by atoms with van der Waals surface area (Å²) in [7, 11) is 1.95. The molecule has 2 aromatic rings. The van der Waals surface area contributed by atoms with Crippen molar-refractivity contribution in [3.05, 3.63) is 47.8 Å². The van der Waals surface area contributed by atoms with Crippen LogP contribution in [0.25, 0.3) is 0 Å². The lowest BCUT2D eigenvalue weighted by molar-refractivity contribution is 0.0445. The fraction of sp³-hybridized carbons (Fsp3) is 0.526. The molecule has 1 fully saturated rings. The molecule has 1 N–H and O–H groups in total. The van der Waals surface area contributed by atoms with Gasteiger partial charge in [-0.3, -0.25) is 14.5 Å². The van der Waals surface area contributed by atoms with Crippen LogP contribution in [0.15, 0.2) is 36.7 Å². The summed E-state index contributed by atoms with van der Waals surface area (Å²) < 4.78 is 7.59. The van der Waals surface area contributed by atoms with E-state index in [9.17, 15) is 5.11 Å². The van der Waals surface area contributed by atoms with Crippen LogP contribution in [0.2, 0.25) is 0 Å². The van der Waals surface area contributed by atoms with E-state index in [1.165, 1.54) is 5.56 Å². The third-order valence-electron chi connectivity index (χ3n) is 4.62. The summed E-state index contributed by atoms with van der Waals surface area (Å²) in [4.78, 5) is 4.75. The topological polar surface area (TPSA) is 53.8 Å². The highest BCUT2D eigenvalue weighted by atomic mass is 16.5. The van der Waals surface area contributed by atoms with E-state index in [-0.39, 0.29) is 0 Å². The van der Waals surface area contributed by atoms with Crippen molar-refractivity contribution < 1.29 is 9.84 Å². The molecule has 25 heavy (non-hydrogen) atoms. The normalized spacial score (nSPS) is 17.6. The Balaban J connectivity index is 1.37. The van der Waals surface area contributed by atoms with Gasteiger partial charge >= 0.3 is 0 Å². The van der Waals surface area contributed by atoms with Crippen molar-refractivity contribution in [1.82, 2.24) is 19.6 Å². The molecule has 2 heterocycles. The Morgan fingerprint density at radius 1 is 1.16 bits per heavy atom. The van der Waals surface area contributed by atoms with Crippen molar-refractivity contribution >= 4 is 0 Å². The quantitative estimate of drug-likeness (QED) is 0.820. The maximum absolute atomic E-state index is 10.3. The highest BCUT2D eigenvalue weighted by Gasteiger charge is 2.20. The minimum absolute atomic E-state index is 0.334. The van der Waals surface area contributed by atoms with Gasteiger partial charge in [-0.15, -0.1) is 0 Å². The van der Waals surface area contributed by atoms with Gasteiger partial charge in [0.15, 0.2) is 0 Å². The molecule has 1 aromatic heterocycles. The minimum Gasteiger partial charge on any atom is -0.491 e. The van der Waals surface area contributed by atoms with E-state index in [1.807, 2.05) is 49.1 Å². The van der Waals surface area contributed by atoms with Crippen LogP contribution in [0.1, 0.15) is 11.1 Å². The van der Waals surface area contributed by atoms with Crippen LogP contribution < -0.4 is 4.74 Å². The Kier molecular flexibility index (Phi) is 6.07. The van der Waals surface area contributed by atoms with Crippen molar-refractivity contribution in [2.24, 2.45) is 7.05 Å². The zero-order valence-electron chi connectivity index (χ0n) is 15.1. The molecule has 136 valence electrons.